The number of benzene rings is 3. The summed E-state index contributed by atoms with van der Waals surface area (Å²) in [4.78, 5) is 16.3. The number of rotatable bonds is 10. The molecule has 1 amide bonds. The van der Waals surface area contributed by atoms with Crippen LogP contribution in [0, 0.1) is 0 Å². The Morgan fingerprint density at radius 3 is 2.56 bits per heavy atom. The molecule has 7 nitrogen and oxygen atoms in total. The van der Waals surface area contributed by atoms with E-state index in [4.69, 9.17) is 4.74 Å². The van der Waals surface area contributed by atoms with Crippen molar-refractivity contribution in [3.63, 3.8) is 0 Å². The second-order valence-electron chi connectivity index (χ2n) is 7.88. The number of methoxy groups -OCH3 is 1. The van der Waals surface area contributed by atoms with Crippen LogP contribution < -0.4 is 10.0 Å². The fraction of sp³-hybridized carbons (Fsp3) is 0.192. The Bertz CT molecular complexity index is 1370. The lowest BCUT2D eigenvalue weighted by molar-refractivity contribution is 0.0952. The molecule has 1 unspecified atom stereocenters. The highest BCUT2D eigenvalue weighted by molar-refractivity contribution is 7.89. The van der Waals surface area contributed by atoms with Gasteiger partial charge in [0.05, 0.1) is 11.5 Å². The van der Waals surface area contributed by atoms with Crippen LogP contribution in [-0.4, -0.2) is 46.1 Å². The number of H-pyrrole nitrogens is 1. The molecule has 3 aromatic carbocycles. The van der Waals surface area contributed by atoms with Crippen molar-refractivity contribution in [2.24, 2.45) is 0 Å². The first-order valence-electron chi connectivity index (χ1n) is 11.0. The summed E-state index contributed by atoms with van der Waals surface area (Å²) in [5.41, 5.74) is 3.47. The smallest absolute Gasteiger partial charge is 0.251 e. The Balaban J connectivity index is 1.55. The normalized spacial score (nSPS) is 12.5. The van der Waals surface area contributed by atoms with E-state index in [1.807, 2.05) is 54.7 Å². The summed E-state index contributed by atoms with van der Waals surface area (Å²) in [6, 6.07) is 24.1. The van der Waals surface area contributed by atoms with Gasteiger partial charge in [0.25, 0.3) is 5.91 Å². The van der Waals surface area contributed by atoms with Crippen molar-refractivity contribution >= 4 is 26.8 Å². The molecule has 0 spiro atoms. The first kappa shape index (κ1) is 23.7. The molecule has 0 fully saturated rings. The lowest BCUT2D eigenvalue weighted by Gasteiger charge is -2.18. The number of para-hydroxylation sites is 1. The van der Waals surface area contributed by atoms with Crippen LogP contribution in [0.5, 0.6) is 0 Å². The van der Waals surface area contributed by atoms with Crippen LogP contribution in [0.2, 0.25) is 0 Å². The van der Waals surface area contributed by atoms with Gasteiger partial charge in [0.15, 0.2) is 0 Å². The summed E-state index contributed by atoms with van der Waals surface area (Å²) in [5.74, 6) is -0.418. The zero-order valence-electron chi connectivity index (χ0n) is 18.8. The van der Waals surface area contributed by atoms with E-state index in [0.717, 1.165) is 22.0 Å². The predicted octanol–water partition coefficient (Wildman–Crippen LogP) is 3.65. The lowest BCUT2D eigenvalue weighted by Crippen LogP contribution is -2.30. The molecule has 0 aliphatic carbocycles. The molecular weight excluding hydrogens is 450 g/mol. The summed E-state index contributed by atoms with van der Waals surface area (Å²) in [7, 11) is -2.24. The number of aromatic nitrogens is 1. The van der Waals surface area contributed by atoms with Gasteiger partial charge in [-0.15, -0.1) is 0 Å². The zero-order chi connectivity index (χ0) is 24.0. The third kappa shape index (κ3) is 5.36. The van der Waals surface area contributed by atoms with E-state index in [1.54, 1.807) is 12.1 Å². The molecule has 0 saturated carbocycles. The quantitative estimate of drug-likeness (QED) is 0.304. The van der Waals surface area contributed by atoms with Crippen molar-refractivity contribution in [1.29, 1.82) is 0 Å². The van der Waals surface area contributed by atoms with Crippen molar-refractivity contribution in [1.82, 2.24) is 15.0 Å². The highest BCUT2D eigenvalue weighted by atomic mass is 32.2. The van der Waals surface area contributed by atoms with Crippen LogP contribution in [-0.2, 0) is 14.8 Å². The Hall–Kier alpha value is -3.46. The van der Waals surface area contributed by atoms with Crippen LogP contribution in [0.25, 0.3) is 10.9 Å². The van der Waals surface area contributed by atoms with E-state index in [0.29, 0.717) is 6.54 Å². The minimum Gasteiger partial charge on any atom is -0.383 e. The van der Waals surface area contributed by atoms with Gasteiger partial charge in [-0.05, 0) is 35.4 Å². The number of carbonyl (C=O) groups excluding carboxylic acids is 1. The standard InChI is InChI=1S/C26H27N3O4S/c1-33-15-14-29-34(31,32)21-11-7-10-20(16-21)26(30)28-17-23(19-8-3-2-4-9-19)24-18-27-25-13-6-5-12-22(24)25/h2-13,16,18,23,27,29H,14-15,17H2,1H3,(H,28,30). The van der Waals surface area contributed by atoms with Gasteiger partial charge in [-0.1, -0.05) is 54.6 Å². The average molecular weight is 478 g/mol. The minimum atomic E-state index is -3.74. The fourth-order valence-corrected chi connectivity index (χ4v) is 5.00. The predicted molar refractivity (Wildman–Crippen MR) is 132 cm³/mol. The third-order valence-corrected chi connectivity index (χ3v) is 7.13. The molecule has 1 atom stereocenters. The molecular formula is C26H27N3O4S. The Kier molecular flexibility index (Phi) is 7.42. The molecule has 0 bridgehead atoms. The number of carbonyl (C=O) groups is 1. The lowest BCUT2D eigenvalue weighted by atomic mass is 9.91. The molecule has 34 heavy (non-hydrogen) atoms. The Morgan fingerprint density at radius 2 is 1.76 bits per heavy atom. The molecule has 4 rings (SSSR count). The van der Waals surface area contributed by atoms with Gasteiger partial charge in [0.1, 0.15) is 0 Å². The molecule has 0 radical (unpaired) electrons. The first-order valence-corrected chi connectivity index (χ1v) is 12.5. The van der Waals surface area contributed by atoms with Gasteiger partial charge < -0.3 is 15.0 Å². The van der Waals surface area contributed by atoms with Gasteiger partial charge >= 0.3 is 0 Å². The molecule has 8 heteroatoms. The van der Waals surface area contributed by atoms with Crippen molar-refractivity contribution < 1.29 is 17.9 Å². The van der Waals surface area contributed by atoms with Crippen LogP contribution in [0.3, 0.4) is 0 Å². The number of amides is 1. The van der Waals surface area contributed by atoms with E-state index in [-0.39, 0.29) is 35.4 Å². The molecule has 0 saturated heterocycles. The molecule has 4 aromatic rings. The highest BCUT2D eigenvalue weighted by Gasteiger charge is 2.20. The summed E-state index contributed by atoms with van der Waals surface area (Å²) >= 11 is 0. The Labute approximate surface area is 199 Å². The summed E-state index contributed by atoms with van der Waals surface area (Å²) in [6.07, 6.45) is 1.98. The van der Waals surface area contributed by atoms with Gasteiger partial charge in [0, 0.05) is 48.8 Å². The number of nitrogens with one attached hydrogen (secondary N) is 3. The summed E-state index contributed by atoms with van der Waals surface area (Å²) in [5, 5.41) is 4.09. The summed E-state index contributed by atoms with van der Waals surface area (Å²) in [6.45, 7) is 0.764. The molecule has 0 aliphatic heterocycles. The number of sulfonamides is 1. The van der Waals surface area contributed by atoms with Crippen molar-refractivity contribution in [2.75, 3.05) is 26.8 Å². The molecule has 3 N–H and O–H groups in total. The maximum atomic E-state index is 13.0. The number of aromatic amines is 1. The fourth-order valence-electron chi connectivity index (χ4n) is 3.94. The number of fused-ring (bicyclic) bond motifs is 1. The van der Waals surface area contributed by atoms with Crippen LogP contribution in [0.1, 0.15) is 27.4 Å². The number of ether oxygens (including phenoxy) is 1. The molecule has 1 aromatic heterocycles. The topological polar surface area (TPSA) is 100 Å². The number of hydrogen-bond acceptors (Lipinski definition) is 4. The molecule has 0 aliphatic rings. The maximum absolute atomic E-state index is 13.0. The van der Waals surface area contributed by atoms with Crippen molar-refractivity contribution in [3.8, 4) is 0 Å². The maximum Gasteiger partial charge on any atom is 0.251 e. The van der Waals surface area contributed by atoms with E-state index < -0.39 is 10.0 Å². The minimum absolute atomic E-state index is 0.0347. The Morgan fingerprint density at radius 1 is 1.00 bits per heavy atom. The van der Waals surface area contributed by atoms with Gasteiger partial charge in [0.2, 0.25) is 10.0 Å². The van der Waals surface area contributed by atoms with Gasteiger partial charge in [-0.3, -0.25) is 4.79 Å². The van der Waals surface area contributed by atoms with E-state index in [9.17, 15) is 13.2 Å². The van der Waals surface area contributed by atoms with Gasteiger partial charge in [-0.2, -0.15) is 0 Å². The summed E-state index contributed by atoms with van der Waals surface area (Å²) < 4.78 is 32.4. The second kappa shape index (κ2) is 10.6. The van der Waals surface area contributed by atoms with Crippen LogP contribution >= 0.6 is 0 Å². The zero-order valence-corrected chi connectivity index (χ0v) is 19.6. The van der Waals surface area contributed by atoms with Crippen LogP contribution in [0.15, 0.2) is 90.0 Å². The SMILES string of the molecule is COCCNS(=O)(=O)c1cccc(C(=O)NCC(c2ccccc2)c2c[nH]c3ccccc23)c1. The van der Waals surface area contributed by atoms with E-state index in [2.05, 4.69) is 21.1 Å². The first-order chi connectivity index (χ1) is 16.5. The van der Waals surface area contributed by atoms with Crippen LogP contribution in [0.4, 0.5) is 0 Å². The average Bonchev–Trinajstić information content (AvgIpc) is 3.29. The highest BCUT2D eigenvalue weighted by Crippen LogP contribution is 2.30. The largest absolute Gasteiger partial charge is 0.383 e. The molecule has 1 heterocycles. The molecule has 176 valence electrons. The number of hydrogen-bond donors (Lipinski definition) is 3. The monoisotopic (exact) mass is 477 g/mol. The third-order valence-electron chi connectivity index (χ3n) is 5.67. The van der Waals surface area contributed by atoms with Crippen molar-refractivity contribution in [2.45, 2.75) is 10.8 Å². The van der Waals surface area contributed by atoms with E-state index in [1.165, 1.54) is 19.2 Å². The van der Waals surface area contributed by atoms with Gasteiger partial charge in [-0.25, -0.2) is 13.1 Å². The van der Waals surface area contributed by atoms with Crippen molar-refractivity contribution in [3.05, 3.63) is 102 Å². The van der Waals surface area contributed by atoms with E-state index >= 15 is 0 Å². The second-order valence-corrected chi connectivity index (χ2v) is 9.65.